The van der Waals surface area contributed by atoms with Crippen molar-refractivity contribution < 1.29 is 19.2 Å². The number of carbonyl (C=O) groups excluding carboxylic acids is 1. The second-order valence-electron chi connectivity index (χ2n) is 7.75. The van der Waals surface area contributed by atoms with Crippen LogP contribution in [-0.2, 0) is 17.6 Å². The first-order valence-electron chi connectivity index (χ1n) is 10.4. The third kappa shape index (κ3) is 5.27. The maximum absolute atomic E-state index is 12.6. The molecule has 1 aromatic carbocycles. The average molecular weight is 422 g/mol. The molecule has 31 heavy (non-hydrogen) atoms. The molecule has 0 aliphatic carbocycles. The number of aliphatic hydroxyl groups excluding tert-OH is 1. The molecule has 0 radical (unpaired) electrons. The molecule has 4 rings (SSSR count). The summed E-state index contributed by atoms with van der Waals surface area (Å²) in [5, 5.41) is 14.4. The molecule has 3 aromatic rings. The minimum absolute atomic E-state index is 0.0141. The Morgan fingerprint density at radius 3 is 2.97 bits per heavy atom. The number of amides is 1. The van der Waals surface area contributed by atoms with E-state index >= 15 is 0 Å². The summed E-state index contributed by atoms with van der Waals surface area (Å²) in [6.07, 6.45) is 3.40. The highest BCUT2D eigenvalue weighted by Gasteiger charge is 2.33. The van der Waals surface area contributed by atoms with Gasteiger partial charge < -0.3 is 19.3 Å². The van der Waals surface area contributed by atoms with Gasteiger partial charge >= 0.3 is 0 Å². The molecule has 1 aliphatic heterocycles. The van der Waals surface area contributed by atoms with Crippen molar-refractivity contribution in [3.8, 4) is 17.1 Å². The lowest BCUT2D eigenvalue weighted by molar-refractivity contribution is -0.130. The molecule has 0 bridgehead atoms. The van der Waals surface area contributed by atoms with Crippen molar-refractivity contribution in [2.45, 2.75) is 31.8 Å². The maximum atomic E-state index is 12.6. The predicted molar refractivity (Wildman–Crippen MR) is 113 cm³/mol. The van der Waals surface area contributed by atoms with Crippen LogP contribution in [0, 0.1) is 5.92 Å². The number of hydrogen-bond donors (Lipinski definition) is 1. The largest absolute Gasteiger partial charge is 0.497 e. The van der Waals surface area contributed by atoms with Gasteiger partial charge in [0.05, 0.1) is 13.2 Å². The van der Waals surface area contributed by atoms with E-state index in [1.54, 1.807) is 18.2 Å². The summed E-state index contributed by atoms with van der Waals surface area (Å²) in [7, 11) is 1.61. The lowest BCUT2D eigenvalue weighted by Crippen LogP contribution is -2.29. The van der Waals surface area contributed by atoms with Gasteiger partial charge in [-0.2, -0.15) is 4.98 Å². The first kappa shape index (κ1) is 21.0. The van der Waals surface area contributed by atoms with Crippen molar-refractivity contribution in [2.75, 3.05) is 20.2 Å². The van der Waals surface area contributed by atoms with Crippen LogP contribution < -0.4 is 4.74 Å². The highest BCUT2D eigenvalue weighted by molar-refractivity contribution is 5.76. The lowest BCUT2D eigenvalue weighted by Gasteiger charge is -2.15. The van der Waals surface area contributed by atoms with E-state index in [1.165, 1.54) is 0 Å². The number of likely N-dealkylation sites (tertiary alicyclic amines) is 1. The molecule has 0 unspecified atom stereocenters. The molecule has 1 fully saturated rings. The predicted octanol–water partition coefficient (Wildman–Crippen LogP) is 2.52. The van der Waals surface area contributed by atoms with Crippen molar-refractivity contribution in [1.82, 2.24) is 20.0 Å². The van der Waals surface area contributed by atoms with E-state index in [-0.39, 0.29) is 11.8 Å². The molecule has 2 aromatic heterocycles. The molecule has 8 nitrogen and oxygen atoms in total. The van der Waals surface area contributed by atoms with Crippen LogP contribution in [0.2, 0.25) is 0 Å². The van der Waals surface area contributed by atoms with Gasteiger partial charge in [0.25, 0.3) is 0 Å². The third-order valence-electron chi connectivity index (χ3n) is 5.53. The zero-order valence-electron chi connectivity index (χ0n) is 17.5. The third-order valence-corrected chi connectivity index (χ3v) is 5.53. The summed E-state index contributed by atoms with van der Waals surface area (Å²) < 4.78 is 10.5. The SMILES string of the molecule is COc1cccc(-c2noc(CCCC(=O)N3C[C@@H](Cc4ccccn4)[C@H](O)C3)n2)c1. The van der Waals surface area contributed by atoms with Crippen LogP contribution in [0.4, 0.5) is 0 Å². The van der Waals surface area contributed by atoms with Gasteiger partial charge in [0, 0.05) is 49.3 Å². The number of hydrogen-bond acceptors (Lipinski definition) is 7. The van der Waals surface area contributed by atoms with E-state index in [9.17, 15) is 9.90 Å². The first-order valence-corrected chi connectivity index (χ1v) is 10.4. The van der Waals surface area contributed by atoms with Crippen LogP contribution in [0.25, 0.3) is 11.4 Å². The molecule has 162 valence electrons. The van der Waals surface area contributed by atoms with Crippen LogP contribution in [0.1, 0.15) is 24.4 Å². The molecule has 1 amide bonds. The standard InChI is InChI=1S/C23H26N4O4/c1-30-19-8-4-6-16(13-19)23-25-21(31-26-23)9-5-10-22(29)27-14-17(20(28)15-27)12-18-7-2-3-11-24-18/h2-4,6-8,11,13,17,20,28H,5,9-10,12,14-15H2,1H3/t17-,20-/m1/s1. The molecule has 0 spiro atoms. The number of aryl methyl sites for hydroxylation is 1. The molecule has 1 saturated heterocycles. The van der Waals surface area contributed by atoms with E-state index in [1.807, 2.05) is 42.5 Å². The van der Waals surface area contributed by atoms with E-state index in [0.29, 0.717) is 50.5 Å². The Balaban J connectivity index is 1.25. The summed E-state index contributed by atoms with van der Waals surface area (Å²) in [5.41, 5.74) is 1.75. The average Bonchev–Trinajstić information content (AvgIpc) is 3.41. The Hall–Kier alpha value is -3.26. The molecule has 0 saturated carbocycles. The number of β-amino-alcohol motifs (C(OH)–C–C–N with tert-alkyl or cyclic N) is 1. The van der Waals surface area contributed by atoms with Crippen molar-refractivity contribution in [3.05, 3.63) is 60.2 Å². The van der Waals surface area contributed by atoms with Crippen LogP contribution in [0.5, 0.6) is 5.75 Å². The molecule has 2 atom stereocenters. The van der Waals surface area contributed by atoms with Crippen LogP contribution in [0.3, 0.4) is 0 Å². The molecule has 3 heterocycles. The van der Waals surface area contributed by atoms with Crippen LogP contribution in [0.15, 0.2) is 53.2 Å². The van der Waals surface area contributed by atoms with Crippen molar-refractivity contribution in [2.24, 2.45) is 5.92 Å². The number of carbonyl (C=O) groups is 1. The minimum atomic E-state index is -0.521. The number of methoxy groups -OCH3 is 1. The van der Waals surface area contributed by atoms with E-state index in [2.05, 4.69) is 15.1 Å². The Morgan fingerprint density at radius 1 is 1.26 bits per heavy atom. The van der Waals surface area contributed by atoms with Gasteiger partial charge in [0.1, 0.15) is 5.75 Å². The van der Waals surface area contributed by atoms with Gasteiger partial charge in [-0.1, -0.05) is 23.4 Å². The zero-order valence-corrected chi connectivity index (χ0v) is 17.5. The number of pyridine rings is 1. The number of ether oxygens (including phenoxy) is 1. The number of aromatic nitrogens is 3. The summed E-state index contributed by atoms with van der Waals surface area (Å²) >= 11 is 0. The van der Waals surface area contributed by atoms with Crippen LogP contribution >= 0.6 is 0 Å². The van der Waals surface area contributed by atoms with E-state index in [4.69, 9.17) is 9.26 Å². The topological polar surface area (TPSA) is 102 Å². The zero-order chi connectivity index (χ0) is 21.6. The van der Waals surface area contributed by atoms with Gasteiger partial charge in [-0.15, -0.1) is 0 Å². The molecule has 1 N–H and O–H groups in total. The quantitative estimate of drug-likeness (QED) is 0.595. The smallest absolute Gasteiger partial charge is 0.226 e. The van der Waals surface area contributed by atoms with E-state index < -0.39 is 6.10 Å². The Labute approximate surface area is 180 Å². The number of nitrogens with zero attached hydrogens (tertiary/aromatic N) is 4. The monoisotopic (exact) mass is 422 g/mol. The van der Waals surface area contributed by atoms with Crippen molar-refractivity contribution >= 4 is 5.91 Å². The van der Waals surface area contributed by atoms with Gasteiger partial charge in [-0.3, -0.25) is 9.78 Å². The fourth-order valence-corrected chi connectivity index (χ4v) is 3.83. The molecular weight excluding hydrogens is 396 g/mol. The summed E-state index contributed by atoms with van der Waals surface area (Å²) in [6, 6.07) is 13.2. The number of rotatable bonds is 8. The van der Waals surface area contributed by atoms with E-state index in [0.717, 1.165) is 17.0 Å². The van der Waals surface area contributed by atoms with Gasteiger partial charge in [-0.05, 0) is 37.1 Å². The van der Waals surface area contributed by atoms with Crippen molar-refractivity contribution in [1.29, 1.82) is 0 Å². The second-order valence-corrected chi connectivity index (χ2v) is 7.75. The maximum Gasteiger partial charge on any atom is 0.226 e. The van der Waals surface area contributed by atoms with Gasteiger partial charge in [0.15, 0.2) is 0 Å². The first-order chi connectivity index (χ1) is 15.1. The number of aliphatic hydroxyl groups is 1. The highest BCUT2D eigenvalue weighted by Crippen LogP contribution is 2.23. The number of benzene rings is 1. The Morgan fingerprint density at radius 2 is 2.16 bits per heavy atom. The summed E-state index contributed by atoms with van der Waals surface area (Å²) in [5.74, 6) is 1.78. The van der Waals surface area contributed by atoms with Crippen LogP contribution in [-0.4, -0.2) is 57.3 Å². The second kappa shape index (κ2) is 9.70. The fourth-order valence-electron chi connectivity index (χ4n) is 3.83. The van der Waals surface area contributed by atoms with Gasteiger partial charge in [-0.25, -0.2) is 0 Å². The van der Waals surface area contributed by atoms with Crippen molar-refractivity contribution in [3.63, 3.8) is 0 Å². The Bertz CT molecular complexity index is 1010. The lowest BCUT2D eigenvalue weighted by atomic mass is 10.00. The minimum Gasteiger partial charge on any atom is -0.497 e. The Kier molecular flexibility index (Phi) is 6.57. The van der Waals surface area contributed by atoms with Gasteiger partial charge in [0.2, 0.25) is 17.6 Å². The summed E-state index contributed by atoms with van der Waals surface area (Å²) in [6.45, 7) is 0.925. The fraction of sp³-hybridized carbons (Fsp3) is 0.391. The molecular formula is C23H26N4O4. The highest BCUT2D eigenvalue weighted by atomic mass is 16.5. The molecule has 1 aliphatic rings. The molecule has 8 heteroatoms. The normalized spacial score (nSPS) is 18.3. The summed E-state index contributed by atoms with van der Waals surface area (Å²) in [4.78, 5) is 23.1.